The summed E-state index contributed by atoms with van der Waals surface area (Å²) < 4.78 is 5.34. The van der Waals surface area contributed by atoms with Crippen molar-refractivity contribution in [1.29, 1.82) is 0 Å². The summed E-state index contributed by atoms with van der Waals surface area (Å²) in [6, 6.07) is 11.9. The van der Waals surface area contributed by atoms with Crippen molar-refractivity contribution < 1.29 is 14.3 Å². The van der Waals surface area contributed by atoms with Crippen molar-refractivity contribution >= 4 is 35.0 Å². The Morgan fingerprint density at radius 2 is 1.71 bits per heavy atom. The lowest BCUT2D eigenvalue weighted by atomic mass is 10.1. The molecule has 0 aliphatic rings. The molecule has 0 radical (unpaired) electrons. The van der Waals surface area contributed by atoms with Crippen LogP contribution >= 0.6 is 23.2 Å². The van der Waals surface area contributed by atoms with Crippen LogP contribution in [0.3, 0.4) is 0 Å². The second-order valence-electron chi connectivity index (χ2n) is 5.02. The van der Waals surface area contributed by atoms with E-state index in [1.54, 1.807) is 18.2 Å². The highest BCUT2D eigenvalue weighted by Gasteiger charge is 2.11. The van der Waals surface area contributed by atoms with Crippen LogP contribution in [0.2, 0.25) is 10.0 Å². The minimum atomic E-state index is -0.671. The van der Waals surface area contributed by atoms with Crippen molar-refractivity contribution in [3.63, 3.8) is 0 Å². The second kappa shape index (κ2) is 8.57. The molecule has 0 unspecified atom stereocenters. The number of rotatable bonds is 7. The Morgan fingerprint density at radius 1 is 1.04 bits per heavy atom. The summed E-state index contributed by atoms with van der Waals surface area (Å²) in [6.45, 7) is 0.246. The van der Waals surface area contributed by atoms with Crippen LogP contribution in [0.1, 0.15) is 15.9 Å². The molecule has 0 fully saturated rings. The first-order valence-corrected chi connectivity index (χ1v) is 7.94. The third-order valence-electron chi connectivity index (χ3n) is 3.21. The van der Waals surface area contributed by atoms with Crippen LogP contribution in [0.5, 0.6) is 5.75 Å². The molecular formula is C17H16Cl2N2O3. The van der Waals surface area contributed by atoms with Crippen molar-refractivity contribution in [2.45, 2.75) is 6.42 Å². The first-order chi connectivity index (χ1) is 11.5. The molecule has 0 atom stereocenters. The van der Waals surface area contributed by atoms with Crippen LogP contribution in [0.15, 0.2) is 42.5 Å². The van der Waals surface area contributed by atoms with Gasteiger partial charge in [-0.15, -0.1) is 0 Å². The van der Waals surface area contributed by atoms with E-state index in [0.717, 1.165) is 5.56 Å². The molecule has 0 aliphatic carbocycles. The van der Waals surface area contributed by atoms with Gasteiger partial charge in [0.15, 0.2) is 6.61 Å². The van der Waals surface area contributed by atoms with E-state index in [-0.39, 0.29) is 23.8 Å². The zero-order valence-corrected chi connectivity index (χ0v) is 14.2. The first-order valence-electron chi connectivity index (χ1n) is 7.19. The summed E-state index contributed by atoms with van der Waals surface area (Å²) in [5, 5.41) is 3.77. The number of hydrogen-bond acceptors (Lipinski definition) is 3. The first kappa shape index (κ1) is 18.1. The SMILES string of the molecule is NC(=O)c1cc(Cl)ccc1OCC(=O)NCCc1ccc(Cl)cc1. The predicted molar refractivity (Wildman–Crippen MR) is 93.6 cm³/mol. The number of carbonyl (C=O) groups is 2. The van der Waals surface area contributed by atoms with Gasteiger partial charge in [0.05, 0.1) is 5.56 Å². The number of ether oxygens (including phenoxy) is 1. The smallest absolute Gasteiger partial charge is 0.257 e. The van der Waals surface area contributed by atoms with Gasteiger partial charge in [-0.05, 0) is 42.3 Å². The number of carbonyl (C=O) groups excluding carboxylic acids is 2. The highest BCUT2D eigenvalue weighted by atomic mass is 35.5. The van der Waals surface area contributed by atoms with E-state index in [2.05, 4.69) is 5.32 Å². The molecule has 0 saturated carbocycles. The van der Waals surface area contributed by atoms with Crippen LogP contribution in [0, 0.1) is 0 Å². The maximum absolute atomic E-state index is 11.8. The van der Waals surface area contributed by atoms with Gasteiger partial charge >= 0.3 is 0 Å². The average Bonchev–Trinajstić information content (AvgIpc) is 2.55. The molecule has 2 aromatic rings. The molecule has 0 heterocycles. The highest BCUT2D eigenvalue weighted by Crippen LogP contribution is 2.22. The van der Waals surface area contributed by atoms with Crippen molar-refractivity contribution in [1.82, 2.24) is 5.32 Å². The maximum Gasteiger partial charge on any atom is 0.257 e. The third kappa shape index (κ3) is 5.44. The molecule has 0 aliphatic heterocycles. The number of halogens is 2. The number of primary amides is 1. The molecule has 0 aromatic heterocycles. The van der Waals surface area contributed by atoms with Crippen molar-refractivity contribution in [3.05, 3.63) is 63.6 Å². The molecule has 0 bridgehead atoms. The van der Waals surface area contributed by atoms with Gasteiger partial charge in [-0.25, -0.2) is 0 Å². The molecule has 5 nitrogen and oxygen atoms in total. The molecular weight excluding hydrogens is 351 g/mol. The molecule has 7 heteroatoms. The zero-order valence-electron chi connectivity index (χ0n) is 12.7. The summed E-state index contributed by atoms with van der Waals surface area (Å²) in [7, 11) is 0. The summed E-state index contributed by atoms with van der Waals surface area (Å²) in [6.07, 6.45) is 0.677. The Hall–Kier alpha value is -2.24. The standard InChI is InChI=1S/C17H16Cl2N2O3/c18-12-3-1-11(2-4-12)7-8-21-16(22)10-24-15-6-5-13(19)9-14(15)17(20)23/h1-6,9H,7-8,10H2,(H2,20,23)(H,21,22). The Morgan fingerprint density at radius 3 is 2.38 bits per heavy atom. The molecule has 0 spiro atoms. The van der Waals surface area contributed by atoms with E-state index in [4.69, 9.17) is 33.7 Å². The van der Waals surface area contributed by atoms with E-state index in [0.29, 0.717) is 23.0 Å². The van der Waals surface area contributed by atoms with Crippen molar-refractivity contribution in [2.24, 2.45) is 5.73 Å². The number of amides is 2. The highest BCUT2D eigenvalue weighted by molar-refractivity contribution is 6.31. The fourth-order valence-electron chi connectivity index (χ4n) is 2.01. The van der Waals surface area contributed by atoms with Crippen LogP contribution < -0.4 is 15.8 Å². The molecule has 2 amide bonds. The molecule has 2 aromatic carbocycles. The van der Waals surface area contributed by atoms with Gasteiger partial charge in [-0.3, -0.25) is 9.59 Å². The van der Waals surface area contributed by atoms with Crippen molar-refractivity contribution in [3.8, 4) is 5.75 Å². The third-order valence-corrected chi connectivity index (χ3v) is 3.70. The van der Waals surface area contributed by atoms with Gasteiger partial charge in [0.2, 0.25) is 0 Å². The van der Waals surface area contributed by atoms with Crippen LogP contribution in [-0.4, -0.2) is 25.0 Å². The Labute approximate surface area is 149 Å². The Balaban J connectivity index is 1.81. The summed E-state index contributed by atoms with van der Waals surface area (Å²) in [5.41, 5.74) is 6.46. The second-order valence-corrected chi connectivity index (χ2v) is 5.89. The molecule has 126 valence electrons. The lowest BCUT2D eigenvalue weighted by molar-refractivity contribution is -0.123. The topological polar surface area (TPSA) is 81.4 Å². The van der Waals surface area contributed by atoms with Gasteiger partial charge in [0.25, 0.3) is 11.8 Å². The van der Waals surface area contributed by atoms with Gasteiger partial charge in [0.1, 0.15) is 5.75 Å². The maximum atomic E-state index is 11.8. The number of hydrogen-bond donors (Lipinski definition) is 2. The van der Waals surface area contributed by atoms with Crippen LogP contribution in [0.4, 0.5) is 0 Å². The largest absolute Gasteiger partial charge is 0.483 e. The van der Waals surface area contributed by atoms with E-state index in [1.165, 1.54) is 12.1 Å². The number of benzene rings is 2. The molecule has 24 heavy (non-hydrogen) atoms. The monoisotopic (exact) mass is 366 g/mol. The van der Waals surface area contributed by atoms with E-state index in [9.17, 15) is 9.59 Å². The summed E-state index contributed by atoms with van der Waals surface area (Å²) in [5.74, 6) is -0.746. The Bertz CT molecular complexity index is 733. The molecule has 2 rings (SSSR count). The predicted octanol–water partition coefficient (Wildman–Crippen LogP) is 2.83. The van der Waals surface area contributed by atoms with E-state index < -0.39 is 5.91 Å². The van der Waals surface area contributed by atoms with Crippen LogP contribution in [0.25, 0.3) is 0 Å². The van der Waals surface area contributed by atoms with Gasteiger partial charge in [-0.2, -0.15) is 0 Å². The fraction of sp³-hybridized carbons (Fsp3) is 0.176. The van der Waals surface area contributed by atoms with E-state index in [1.807, 2.05) is 12.1 Å². The lowest BCUT2D eigenvalue weighted by Gasteiger charge is -2.10. The number of nitrogens with two attached hydrogens (primary N) is 1. The Kier molecular flexibility index (Phi) is 6.46. The van der Waals surface area contributed by atoms with Crippen LogP contribution in [-0.2, 0) is 11.2 Å². The minimum absolute atomic E-state index is 0.136. The van der Waals surface area contributed by atoms with E-state index >= 15 is 0 Å². The van der Waals surface area contributed by atoms with Gasteiger partial charge in [-0.1, -0.05) is 35.3 Å². The lowest BCUT2D eigenvalue weighted by Crippen LogP contribution is -2.31. The van der Waals surface area contributed by atoms with Crippen molar-refractivity contribution in [2.75, 3.05) is 13.2 Å². The minimum Gasteiger partial charge on any atom is -0.483 e. The number of nitrogens with one attached hydrogen (secondary N) is 1. The normalized spacial score (nSPS) is 10.2. The van der Waals surface area contributed by atoms with Gasteiger partial charge in [0, 0.05) is 16.6 Å². The average molecular weight is 367 g/mol. The zero-order chi connectivity index (χ0) is 17.5. The molecule has 3 N–H and O–H groups in total. The summed E-state index contributed by atoms with van der Waals surface area (Å²) in [4.78, 5) is 23.2. The fourth-order valence-corrected chi connectivity index (χ4v) is 2.31. The van der Waals surface area contributed by atoms with Gasteiger partial charge < -0.3 is 15.8 Å². The summed E-state index contributed by atoms with van der Waals surface area (Å²) >= 11 is 11.6. The quantitative estimate of drug-likeness (QED) is 0.790. The molecule has 0 saturated heterocycles.